The molecule has 0 aromatic carbocycles. The standard InChI is InChI=1S/C13H24N4O4/c1-10-13(17(20)21)11(2)16(15-10)9-12(19)8-14-6-4-3-5-7-18/h12,14,18-19H,3-9H2,1-2H3. The maximum atomic E-state index is 10.9. The number of hydrogen-bond donors (Lipinski definition) is 3. The van der Waals surface area contributed by atoms with E-state index < -0.39 is 11.0 Å². The smallest absolute Gasteiger partial charge is 0.312 e. The van der Waals surface area contributed by atoms with Gasteiger partial charge in [0.1, 0.15) is 11.4 Å². The molecule has 1 atom stereocenters. The Morgan fingerprint density at radius 2 is 2.10 bits per heavy atom. The number of nitro groups is 1. The van der Waals surface area contributed by atoms with Crippen molar-refractivity contribution in [3.8, 4) is 0 Å². The summed E-state index contributed by atoms with van der Waals surface area (Å²) in [6, 6.07) is 0. The van der Waals surface area contributed by atoms with Gasteiger partial charge in [0.2, 0.25) is 0 Å². The molecule has 1 aromatic heterocycles. The van der Waals surface area contributed by atoms with Crippen LogP contribution in [0.4, 0.5) is 5.69 Å². The van der Waals surface area contributed by atoms with Gasteiger partial charge < -0.3 is 15.5 Å². The number of aromatic nitrogens is 2. The van der Waals surface area contributed by atoms with Crippen molar-refractivity contribution in [2.75, 3.05) is 19.7 Å². The van der Waals surface area contributed by atoms with Crippen molar-refractivity contribution in [3.63, 3.8) is 0 Å². The molecule has 0 aliphatic rings. The van der Waals surface area contributed by atoms with E-state index in [1.165, 1.54) is 4.68 Å². The molecule has 1 rings (SSSR count). The predicted molar refractivity (Wildman–Crippen MR) is 78.2 cm³/mol. The van der Waals surface area contributed by atoms with E-state index in [-0.39, 0.29) is 18.8 Å². The van der Waals surface area contributed by atoms with Crippen molar-refractivity contribution >= 4 is 5.69 Å². The van der Waals surface area contributed by atoms with Crippen molar-refractivity contribution in [1.82, 2.24) is 15.1 Å². The van der Waals surface area contributed by atoms with Gasteiger partial charge >= 0.3 is 5.69 Å². The van der Waals surface area contributed by atoms with Crippen LogP contribution in [0.5, 0.6) is 0 Å². The second-order valence-corrected chi connectivity index (χ2v) is 5.10. The van der Waals surface area contributed by atoms with Gasteiger partial charge in [-0.05, 0) is 39.7 Å². The van der Waals surface area contributed by atoms with E-state index in [2.05, 4.69) is 10.4 Å². The SMILES string of the molecule is Cc1nn(CC(O)CNCCCCCO)c(C)c1[N+](=O)[O-]. The first kappa shape index (κ1) is 17.5. The molecule has 1 aromatic rings. The molecule has 0 spiro atoms. The molecule has 0 aliphatic carbocycles. The Hall–Kier alpha value is -1.51. The minimum absolute atomic E-state index is 0.0131. The van der Waals surface area contributed by atoms with E-state index >= 15 is 0 Å². The number of aryl methyl sites for hydroxylation is 1. The Morgan fingerprint density at radius 1 is 1.38 bits per heavy atom. The molecule has 0 radical (unpaired) electrons. The van der Waals surface area contributed by atoms with Crippen LogP contribution in [0.1, 0.15) is 30.7 Å². The molecule has 3 N–H and O–H groups in total. The maximum Gasteiger partial charge on any atom is 0.312 e. The monoisotopic (exact) mass is 300 g/mol. The third-order valence-electron chi connectivity index (χ3n) is 3.30. The highest BCUT2D eigenvalue weighted by Gasteiger charge is 2.22. The highest BCUT2D eigenvalue weighted by atomic mass is 16.6. The summed E-state index contributed by atoms with van der Waals surface area (Å²) in [4.78, 5) is 10.5. The number of hydrogen-bond acceptors (Lipinski definition) is 6. The van der Waals surface area contributed by atoms with Gasteiger partial charge in [0.15, 0.2) is 0 Å². The molecule has 1 unspecified atom stereocenters. The number of nitrogens with zero attached hydrogens (tertiary/aromatic N) is 3. The summed E-state index contributed by atoms with van der Waals surface area (Å²) >= 11 is 0. The summed E-state index contributed by atoms with van der Waals surface area (Å²) in [7, 11) is 0. The van der Waals surface area contributed by atoms with Crippen LogP contribution >= 0.6 is 0 Å². The summed E-state index contributed by atoms with van der Waals surface area (Å²) in [5.41, 5.74) is 0.834. The molecule has 21 heavy (non-hydrogen) atoms. The molecule has 0 saturated carbocycles. The number of aliphatic hydroxyl groups excluding tert-OH is 2. The normalized spacial score (nSPS) is 12.6. The van der Waals surface area contributed by atoms with Crippen LogP contribution in [-0.4, -0.2) is 50.7 Å². The van der Waals surface area contributed by atoms with Crippen molar-refractivity contribution in [1.29, 1.82) is 0 Å². The zero-order valence-corrected chi connectivity index (χ0v) is 12.6. The van der Waals surface area contributed by atoms with Gasteiger partial charge in [0.25, 0.3) is 0 Å². The minimum atomic E-state index is -0.652. The average Bonchev–Trinajstić information content (AvgIpc) is 2.68. The molecule has 0 bridgehead atoms. The van der Waals surface area contributed by atoms with Gasteiger partial charge in [0, 0.05) is 13.2 Å². The van der Waals surface area contributed by atoms with Crippen molar-refractivity contribution in [2.45, 2.75) is 45.8 Å². The molecular weight excluding hydrogens is 276 g/mol. The Labute approximate surface area is 123 Å². The highest BCUT2D eigenvalue weighted by molar-refractivity contribution is 5.39. The summed E-state index contributed by atoms with van der Waals surface area (Å²) in [6.45, 7) is 4.84. The molecule has 8 nitrogen and oxygen atoms in total. The lowest BCUT2D eigenvalue weighted by Crippen LogP contribution is -2.31. The Bertz CT molecular complexity index is 461. The second kappa shape index (κ2) is 8.71. The zero-order valence-electron chi connectivity index (χ0n) is 12.6. The van der Waals surface area contributed by atoms with Crippen LogP contribution < -0.4 is 5.32 Å². The first-order valence-corrected chi connectivity index (χ1v) is 7.15. The van der Waals surface area contributed by atoms with Crippen LogP contribution in [0.15, 0.2) is 0 Å². The first-order valence-electron chi connectivity index (χ1n) is 7.15. The zero-order chi connectivity index (χ0) is 15.8. The molecule has 1 heterocycles. The predicted octanol–water partition coefficient (Wildman–Crippen LogP) is 0.521. The largest absolute Gasteiger partial charge is 0.396 e. The van der Waals surface area contributed by atoms with Crippen molar-refractivity contribution in [2.24, 2.45) is 0 Å². The number of unbranched alkanes of at least 4 members (excludes halogenated alkanes) is 2. The maximum absolute atomic E-state index is 10.9. The minimum Gasteiger partial charge on any atom is -0.396 e. The highest BCUT2D eigenvalue weighted by Crippen LogP contribution is 2.21. The summed E-state index contributed by atoms with van der Waals surface area (Å²) in [5.74, 6) is 0. The lowest BCUT2D eigenvalue weighted by Gasteiger charge is -2.12. The van der Waals surface area contributed by atoms with Gasteiger partial charge in [0.05, 0.1) is 17.6 Å². The van der Waals surface area contributed by atoms with Gasteiger partial charge in [-0.1, -0.05) is 0 Å². The molecule has 0 saturated heterocycles. The fraction of sp³-hybridized carbons (Fsp3) is 0.769. The van der Waals surface area contributed by atoms with E-state index in [0.29, 0.717) is 17.9 Å². The quantitative estimate of drug-likeness (QED) is 0.330. The lowest BCUT2D eigenvalue weighted by molar-refractivity contribution is -0.386. The van der Waals surface area contributed by atoms with Crippen LogP contribution in [0.3, 0.4) is 0 Å². The van der Waals surface area contributed by atoms with E-state index in [1.54, 1.807) is 13.8 Å². The van der Waals surface area contributed by atoms with Gasteiger partial charge in [-0.2, -0.15) is 5.10 Å². The van der Waals surface area contributed by atoms with Crippen molar-refractivity contribution < 1.29 is 15.1 Å². The van der Waals surface area contributed by atoms with E-state index in [0.717, 1.165) is 25.8 Å². The van der Waals surface area contributed by atoms with Crippen LogP contribution in [0, 0.1) is 24.0 Å². The van der Waals surface area contributed by atoms with E-state index in [4.69, 9.17) is 5.11 Å². The summed E-state index contributed by atoms with van der Waals surface area (Å²) in [5, 5.41) is 36.7. The van der Waals surface area contributed by atoms with E-state index in [9.17, 15) is 15.2 Å². The Morgan fingerprint density at radius 3 is 2.67 bits per heavy atom. The third-order valence-corrected chi connectivity index (χ3v) is 3.30. The third kappa shape index (κ3) is 5.41. The number of nitrogens with one attached hydrogen (secondary N) is 1. The fourth-order valence-electron chi connectivity index (χ4n) is 2.20. The molecule has 0 aliphatic heterocycles. The summed E-state index contributed by atoms with van der Waals surface area (Å²) < 4.78 is 1.48. The Kier molecular flexibility index (Phi) is 7.27. The number of rotatable bonds is 10. The molecule has 120 valence electrons. The summed E-state index contributed by atoms with van der Waals surface area (Å²) in [6.07, 6.45) is 2.03. The van der Waals surface area contributed by atoms with Crippen LogP contribution in [0.2, 0.25) is 0 Å². The average molecular weight is 300 g/mol. The van der Waals surface area contributed by atoms with E-state index in [1.807, 2.05) is 0 Å². The lowest BCUT2D eigenvalue weighted by atomic mass is 10.2. The van der Waals surface area contributed by atoms with Crippen LogP contribution in [-0.2, 0) is 6.54 Å². The van der Waals surface area contributed by atoms with Crippen molar-refractivity contribution in [3.05, 3.63) is 21.5 Å². The molecule has 8 heteroatoms. The second-order valence-electron chi connectivity index (χ2n) is 5.10. The van der Waals surface area contributed by atoms with Gasteiger partial charge in [-0.25, -0.2) is 0 Å². The van der Waals surface area contributed by atoms with Crippen LogP contribution in [0.25, 0.3) is 0 Å². The molecule has 0 fully saturated rings. The number of aliphatic hydroxyl groups is 2. The van der Waals surface area contributed by atoms with Gasteiger partial charge in [-0.3, -0.25) is 14.8 Å². The molecule has 0 amide bonds. The fourth-order valence-corrected chi connectivity index (χ4v) is 2.20. The first-order chi connectivity index (χ1) is 9.97. The van der Waals surface area contributed by atoms with Gasteiger partial charge in [-0.15, -0.1) is 0 Å². The molecular formula is C13H24N4O4. The topological polar surface area (TPSA) is 113 Å². The Balaban J connectivity index is 2.40.